The molecule has 3 rings (SSSR count). The Bertz CT molecular complexity index is 725. The Morgan fingerprint density at radius 3 is 2.10 bits per heavy atom. The summed E-state index contributed by atoms with van der Waals surface area (Å²) in [6, 6.07) is 18.3. The van der Waals surface area contributed by atoms with Gasteiger partial charge in [-0.25, -0.2) is 4.68 Å². The van der Waals surface area contributed by atoms with Crippen LogP contribution in [-0.2, 0) is 5.60 Å². The molecule has 1 N–H and O–H groups in total. The van der Waals surface area contributed by atoms with E-state index in [1.165, 1.54) is 5.56 Å². The summed E-state index contributed by atoms with van der Waals surface area (Å²) < 4.78 is 1.67. The van der Waals surface area contributed by atoms with Crippen LogP contribution in [0.15, 0.2) is 60.8 Å². The summed E-state index contributed by atoms with van der Waals surface area (Å²) in [7, 11) is 0. The van der Waals surface area contributed by atoms with Gasteiger partial charge < -0.3 is 5.11 Å². The molecule has 0 bridgehead atoms. The van der Waals surface area contributed by atoms with Crippen LogP contribution in [0.1, 0.15) is 19.5 Å². The van der Waals surface area contributed by atoms with E-state index in [1.807, 2.05) is 30.3 Å². The zero-order chi connectivity index (χ0) is 14.9. The van der Waals surface area contributed by atoms with Gasteiger partial charge in [0.2, 0.25) is 0 Å². The van der Waals surface area contributed by atoms with Crippen molar-refractivity contribution in [3.63, 3.8) is 0 Å². The van der Waals surface area contributed by atoms with Gasteiger partial charge in [-0.1, -0.05) is 47.7 Å². The maximum atomic E-state index is 9.93. The van der Waals surface area contributed by atoms with Gasteiger partial charge in [-0.05, 0) is 37.1 Å². The van der Waals surface area contributed by atoms with Gasteiger partial charge in [0, 0.05) is 0 Å². The Morgan fingerprint density at radius 1 is 0.905 bits per heavy atom. The Balaban J connectivity index is 1.89. The summed E-state index contributed by atoms with van der Waals surface area (Å²) in [5.41, 5.74) is 2.82. The minimum absolute atomic E-state index is 0.551. The first-order chi connectivity index (χ1) is 10.0. The van der Waals surface area contributed by atoms with E-state index >= 15 is 0 Å². The van der Waals surface area contributed by atoms with E-state index in [4.69, 9.17) is 0 Å². The van der Waals surface area contributed by atoms with Crippen LogP contribution in [0, 0.1) is 0 Å². The Labute approximate surface area is 123 Å². The third-order valence-electron chi connectivity index (χ3n) is 3.36. The molecule has 0 fully saturated rings. The fourth-order valence-corrected chi connectivity index (χ4v) is 2.11. The summed E-state index contributed by atoms with van der Waals surface area (Å²) in [6.45, 7) is 3.39. The normalized spacial score (nSPS) is 11.6. The van der Waals surface area contributed by atoms with Gasteiger partial charge in [0.05, 0.1) is 11.9 Å². The molecule has 0 aliphatic carbocycles. The average molecular weight is 279 g/mol. The Kier molecular flexibility index (Phi) is 3.31. The van der Waals surface area contributed by atoms with Crippen LogP contribution in [0.5, 0.6) is 0 Å². The van der Waals surface area contributed by atoms with E-state index in [9.17, 15) is 5.11 Å². The molecule has 1 aromatic heterocycles. The van der Waals surface area contributed by atoms with Crippen molar-refractivity contribution in [1.82, 2.24) is 15.0 Å². The molecule has 3 aromatic rings. The van der Waals surface area contributed by atoms with Gasteiger partial charge in [-0.15, -0.1) is 5.10 Å². The van der Waals surface area contributed by atoms with Gasteiger partial charge >= 0.3 is 0 Å². The van der Waals surface area contributed by atoms with E-state index in [0.29, 0.717) is 5.69 Å². The SMILES string of the molecule is CC(C)(O)c1cn(-c2ccc(-c3ccccc3)cc2)nn1. The third kappa shape index (κ3) is 2.85. The fourth-order valence-electron chi connectivity index (χ4n) is 2.11. The van der Waals surface area contributed by atoms with Crippen LogP contribution in [-0.4, -0.2) is 20.1 Å². The van der Waals surface area contributed by atoms with Crippen molar-refractivity contribution in [3.8, 4) is 16.8 Å². The molecular weight excluding hydrogens is 262 g/mol. The first-order valence-corrected chi connectivity index (χ1v) is 6.85. The van der Waals surface area contributed by atoms with Crippen LogP contribution >= 0.6 is 0 Å². The predicted molar refractivity (Wildman–Crippen MR) is 82.0 cm³/mol. The highest BCUT2D eigenvalue weighted by molar-refractivity contribution is 5.64. The molecule has 0 aliphatic heterocycles. The van der Waals surface area contributed by atoms with Gasteiger partial charge in [0.25, 0.3) is 0 Å². The molecule has 0 unspecified atom stereocenters. The van der Waals surface area contributed by atoms with E-state index < -0.39 is 5.60 Å². The molecule has 1 heterocycles. The highest BCUT2D eigenvalue weighted by Crippen LogP contribution is 2.21. The minimum atomic E-state index is -0.984. The highest BCUT2D eigenvalue weighted by atomic mass is 16.3. The number of hydrogen-bond donors (Lipinski definition) is 1. The zero-order valence-electron chi connectivity index (χ0n) is 12.1. The lowest BCUT2D eigenvalue weighted by atomic mass is 10.1. The lowest BCUT2D eigenvalue weighted by Crippen LogP contribution is -2.15. The molecule has 0 amide bonds. The molecule has 0 aliphatic rings. The van der Waals surface area contributed by atoms with Gasteiger partial charge in [-0.3, -0.25) is 0 Å². The predicted octanol–water partition coefficient (Wildman–Crippen LogP) is 3.16. The van der Waals surface area contributed by atoms with E-state index in [0.717, 1.165) is 11.3 Å². The second-order valence-electron chi connectivity index (χ2n) is 5.52. The van der Waals surface area contributed by atoms with Gasteiger partial charge in [0.15, 0.2) is 0 Å². The van der Waals surface area contributed by atoms with Crippen molar-refractivity contribution in [2.24, 2.45) is 0 Å². The first kappa shape index (κ1) is 13.5. The van der Waals surface area contributed by atoms with Gasteiger partial charge in [0.1, 0.15) is 11.3 Å². The molecule has 0 atom stereocenters. The number of aromatic nitrogens is 3. The Hall–Kier alpha value is -2.46. The van der Waals surface area contributed by atoms with E-state index in [1.54, 1.807) is 24.7 Å². The lowest BCUT2D eigenvalue weighted by molar-refractivity contribution is 0.0737. The van der Waals surface area contributed by atoms with Crippen LogP contribution in [0.4, 0.5) is 0 Å². The number of aliphatic hydroxyl groups is 1. The molecule has 0 spiro atoms. The van der Waals surface area contributed by atoms with Crippen LogP contribution in [0.3, 0.4) is 0 Å². The van der Waals surface area contributed by atoms with Crippen LogP contribution in [0.25, 0.3) is 16.8 Å². The number of nitrogens with zero attached hydrogens (tertiary/aromatic N) is 3. The molecule has 21 heavy (non-hydrogen) atoms. The molecule has 2 aromatic carbocycles. The quantitative estimate of drug-likeness (QED) is 0.801. The molecule has 4 heteroatoms. The smallest absolute Gasteiger partial charge is 0.114 e. The minimum Gasteiger partial charge on any atom is -0.384 e. The fraction of sp³-hybridized carbons (Fsp3) is 0.176. The summed E-state index contributed by atoms with van der Waals surface area (Å²) in [5.74, 6) is 0. The first-order valence-electron chi connectivity index (χ1n) is 6.85. The Morgan fingerprint density at radius 2 is 1.52 bits per heavy atom. The second kappa shape index (κ2) is 5.14. The van der Waals surface area contributed by atoms with Crippen molar-refractivity contribution in [2.45, 2.75) is 19.4 Å². The number of rotatable bonds is 3. The molecule has 106 valence electrons. The van der Waals surface area contributed by atoms with Crippen molar-refractivity contribution in [1.29, 1.82) is 0 Å². The molecule has 4 nitrogen and oxygen atoms in total. The molecule has 0 saturated heterocycles. The molecule has 0 radical (unpaired) electrons. The summed E-state index contributed by atoms with van der Waals surface area (Å²) in [5, 5.41) is 18.0. The maximum absolute atomic E-state index is 9.93. The summed E-state index contributed by atoms with van der Waals surface area (Å²) in [4.78, 5) is 0. The van der Waals surface area contributed by atoms with Crippen LogP contribution < -0.4 is 0 Å². The monoisotopic (exact) mass is 279 g/mol. The topological polar surface area (TPSA) is 50.9 Å². The van der Waals surface area contributed by atoms with E-state index in [-0.39, 0.29) is 0 Å². The summed E-state index contributed by atoms with van der Waals surface area (Å²) in [6.07, 6.45) is 1.75. The zero-order valence-corrected chi connectivity index (χ0v) is 12.1. The van der Waals surface area contributed by atoms with E-state index in [2.05, 4.69) is 34.6 Å². The largest absolute Gasteiger partial charge is 0.384 e. The second-order valence-corrected chi connectivity index (χ2v) is 5.52. The standard InChI is InChI=1S/C17H17N3O/c1-17(2,21)16-12-20(19-18-16)15-10-8-14(9-11-15)13-6-4-3-5-7-13/h3-12,21H,1-2H3. The van der Waals surface area contributed by atoms with Crippen molar-refractivity contribution in [2.75, 3.05) is 0 Å². The van der Waals surface area contributed by atoms with Gasteiger partial charge in [-0.2, -0.15) is 0 Å². The van der Waals surface area contributed by atoms with Crippen LogP contribution in [0.2, 0.25) is 0 Å². The number of benzene rings is 2. The molecular formula is C17H17N3O. The average Bonchev–Trinajstić information content (AvgIpc) is 2.98. The van der Waals surface area contributed by atoms with Crippen molar-refractivity contribution in [3.05, 3.63) is 66.5 Å². The summed E-state index contributed by atoms with van der Waals surface area (Å²) >= 11 is 0. The molecule has 0 saturated carbocycles. The lowest BCUT2D eigenvalue weighted by Gasteiger charge is -2.11. The third-order valence-corrected chi connectivity index (χ3v) is 3.36. The highest BCUT2D eigenvalue weighted by Gasteiger charge is 2.20. The van der Waals surface area contributed by atoms with Crippen molar-refractivity contribution < 1.29 is 5.11 Å². The maximum Gasteiger partial charge on any atom is 0.114 e. The van der Waals surface area contributed by atoms with Crippen molar-refractivity contribution >= 4 is 0 Å². The number of hydrogen-bond acceptors (Lipinski definition) is 3.